The summed E-state index contributed by atoms with van der Waals surface area (Å²) in [5.41, 5.74) is 10.8. The fourth-order valence-electron chi connectivity index (χ4n) is 2.64. The second-order valence-electron chi connectivity index (χ2n) is 5.41. The molecule has 0 bridgehead atoms. The van der Waals surface area contributed by atoms with Crippen molar-refractivity contribution >= 4 is 17.0 Å². The van der Waals surface area contributed by atoms with Crippen LogP contribution in [0.3, 0.4) is 0 Å². The molecular formula is C16H15N7. The molecule has 7 nitrogen and oxygen atoms in total. The Morgan fingerprint density at radius 3 is 2.87 bits per heavy atom. The minimum absolute atomic E-state index is 0.351. The fourth-order valence-corrected chi connectivity index (χ4v) is 2.64. The number of aromatic nitrogens is 6. The first-order valence-corrected chi connectivity index (χ1v) is 7.19. The predicted octanol–water partition coefficient (Wildman–Crippen LogP) is 2.31. The summed E-state index contributed by atoms with van der Waals surface area (Å²) in [6.45, 7) is 1.95. The molecule has 0 unspecified atom stereocenters. The Bertz CT molecular complexity index is 1010. The number of imidazole rings is 1. The van der Waals surface area contributed by atoms with Gasteiger partial charge in [0.2, 0.25) is 0 Å². The Labute approximate surface area is 132 Å². The Morgan fingerprint density at radius 1 is 1.17 bits per heavy atom. The van der Waals surface area contributed by atoms with Gasteiger partial charge in [0.15, 0.2) is 11.6 Å². The highest BCUT2D eigenvalue weighted by Gasteiger charge is 2.15. The molecule has 0 saturated carbocycles. The molecule has 0 fully saturated rings. The molecule has 114 valence electrons. The fraction of sp³-hybridized carbons (Fsp3) is 0.125. The van der Waals surface area contributed by atoms with Gasteiger partial charge in [-0.2, -0.15) is 5.10 Å². The van der Waals surface area contributed by atoms with E-state index < -0.39 is 0 Å². The van der Waals surface area contributed by atoms with Crippen molar-refractivity contribution in [1.29, 1.82) is 0 Å². The first-order chi connectivity index (χ1) is 11.1. The third-order valence-electron chi connectivity index (χ3n) is 3.71. The highest BCUT2D eigenvalue weighted by Crippen LogP contribution is 2.30. The van der Waals surface area contributed by atoms with Gasteiger partial charge in [0.1, 0.15) is 5.69 Å². The Kier molecular flexibility index (Phi) is 2.87. The van der Waals surface area contributed by atoms with Gasteiger partial charge < -0.3 is 10.7 Å². The molecule has 0 aliphatic rings. The number of fused-ring (bicyclic) bond motifs is 1. The molecule has 0 aliphatic heterocycles. The van der Waals surface area contributed by atoms with E-state index in [9.17, 15) is 0 Å². The molecule has 0 atom stereocenters. The SMILES string of the molecule is Cc1cccc(-c2[nH]c(N)nc2-c2cnc3c(cnn3C)c2)n1. The molecule has 0 saturated heterocycles. The topological polar surface area (TPSA) is 98.3 Å². The highest BCUT2D eigenvalue weighted by atomic mass is 15.3. The van der Waals surface area contributed by atoms with E-state index in [1.165, 1.54) is 0 Å². The van der Waals surface area contributed by atoms with E-state index in [0.717, 1.165) is 39.4 Å². The quantitative estimate of drug-likeness (QED) is 0.592. The summed E-state index contributed by atoms with van der Waals surface area (Å²) in [5, 5.41) is 5.17. The summed E-state index contributed by atoms with van der Waals surface area (Å²) in [5.74, 6) is 0.351. The lowest BCUT2D eigenvalue weighted by Gasteiger charge is -2.03. The van der Waals surface area contributed by atoms with Gasteiger partial charge >= 0.3 is 0 Å². The van der Waals surface area contributed by atoms with E-state index in [1.54, 1.807) is 17.1 Å². The van der Waals surface area contributed by atoms with Crippen LogP contribution in [0.4, 0.5) is 5.95 Å². The van der Waals surface area contributed by atoms with Crippen molar-refractivity contribution < 1.29 is 0 Å². The molecule has 0 spiro atoms. The summed E-state index contributed by atoms with van der Waals surface area (Å²) in [7, 11) is 1.86. The van der Waals surface area contributed by atoms with Gasteiger partial charge in [-0.15, -0.1) is 0 Å². The van der Waals surface area contributed by atoms with Gasteiger partial charge in [-0.05, 0) is 25.1 Å². The highest BCUT2D eigenvalue weighted by molar-refractivity contribution is 5.84. The van der Waals surface area contributed by atoms with Crippen molar-refractivity contribution in [3.8, 4) is 22.6 Å². The molecule has 23 heavy (non-hydrogen) atoms. The van der Waals surface area contributed by atoms with Gasteiger partial charge in [-0.25, -0.2) is 9.97 Å². The molecule has 4 aromatic heterocycles. The zero-order valence-electron chi connectivity index (χ0n) is 12.8. The van der Waals surface area contributed by atoms with Crippen LogP contribution < -0.4 is 5.73 Å². The maximum atomic E-state index is 5.88. The maximum Gasteiger partial charge on any atom is 0.198 e. The van der Waals surface area contributed by atoms with Gasteiger partial charge in [0.25, 0.3) is 0 Å². The van der Waals surface area contributed by atoms with Crippen LogP contribution in [0, 0.1) is 6.92 Å². The molecule has 0 radical (unpaired) electrons. The molecule has 4 rings (SSSR count). The van der Waals surface area contributed by atoms with E-state index in [-0.39, 0.29) is 0 Å². The lowest BCUT2D eigenvalue weighted by molar-refractivity contribution is 0.786. The zero-order valence-corrected chi connectivity index (χ0v) is 12.8. The number of aryl methyl sites for hydroxylation is 2. The van der Waals surface area contributed by atoms with Crippen molar-refractivity contribution in [3.63, 3.8) is 0 Å². The molecule has 0 aliphatic carbocycles. The standard InChI is InChI=1S/C16H15N7/c1-9-4-3-5-12(20-9)14-13(21-16(17)22-14)10-6-11-8-19-23(2)15(11)18-7-10/h3-8H,1-2H3,(H3,17,21,22). The van der Waals surface area contributed by atoms with E-state index in [2.05, 4.69) is 25.0 Å². The number of nitrogens with two attached hydrogens (primary N) is 1. The van der Waals surface area contributed by atoms with Gasteiger partial charge in [-0.3, -0.25) is 9.67 Å². The second-order valence-corrected chi connectivity index (χ2v) is 5.41. The van der Waals surface area contributed by atoms with Gasteiger partial charge in [-0.1, -0.05) is 6.07 Å². The average Bonchev–Trinajstić information content (AvgIpc) is 3.10. The minimum atomic E-state index is 0.351. The van der Waals surface area contributed by atoms with Crippen LogP contribution in [0.15, 0.2) is 36.7 Å². The van der Waals surface area contributed by atoms with Gasteiger partial charge in [0.05, 0.1) is 17.6 Å². The third kappa shape index (κ3) is 2.22. The minimum Gasteiger partial charge on any atom is -0.369 e. The first-order valence-electron chi connectivity index (χ1n) is 7.19. The Balaban J connectivity index is 1.91. The molecule has 0 aromatic carbocycles. The number of hydrogen-bond donors (Lipinski definition) is 2. The Hall–Kier alpha value is -3.22. The summed E-state index contributed by atoms with van der Waals surface area (Å²) >= 11 is 0. The second kappa shape index (κ2) is 4.91. The number of anilines is 1. The number of rotatable bonds is 2. The normalized spacial score (nSPS) is 11.2. The Morgan fingerprint density at radius 2 is 2.04 bits per heavy atom. The smallest absolute Gasteiger partial charge is 0.198 e. The third-order valence-corrected chi connectivity index (χ3v) is 3.71. The molecule has 3 N–H and O–H groups in total. The van der Waals surface area contributed by atoms with Crippen molar-refractivity contribution in [2.24, 2.45) is 7.05 Å². The molecule has 0 amide bonds. The molecule has 4 aromatic rings. The zero-order chi connectivity index (χ0) is 16.0. The van der Waals surface area contributed by atoms with Crippen LogP contribution in [-0.2, 0) is 7.05 Å². The number of nitrogens with zero attached hydrogens (tertiary/aromatic N) is 5. The van der Waals surface area contributed by atoms with Crippen LogP contribution in [0.25, 0.3) is 33.7 Å². The summed E-state index contributed by atoms with van der Waals surface area (Å²) in [6, 6.07) is 7.84. The van der Waals surface area contributed by atoms with Crippen molar-refractivity contribution in [2.75, 3.05) is 5.73 Å². The van der Waals surface area contributed by atoms with Crippen LogP contribution in [-0.4, -0.2) is 29.7 Å². The molecule has 7 heteroatoms. The van der Waals surface area contributed by atoms with E-state index in [4.69, 9.17) is 5.73 Å². The van der Waals surface area contributed by atoms with Crippen molar-refractivity contribution in [3.05, 3.63) is 42.4 Å². The number of pyridine rings is 2. The maximum absolute atomic E-state index is 5.88. The number of nitrogen functional groups attached to an aromatic ring is 1. The first kappa shape index (κ1) is 13.4. The van der Waals surface area contributed by atoms with Crippen LogP contribution in [0.2, 0.25) is 0 Å². The molecule has 4 heterocycles. The van der Waals surface area contributed by atoms with E-state index in [1.807, 2.05) is 38.2 Å². The number of hydrogen-bond acceptors (Lipinski definition) is 5. The summed E-state index contributed by atoms with van der Waals surface area (Å²) < 4.78 is 1.74. The van der Waals surface area contributed by atoms with E-state index >= 15 is 0 Å². The lowest BCUT2D eigenvalue weighted by Crippen LogP contribution is -1.92. The average molecular weight is 305 g/mol. The van der Waals surface area contributed by atoms with Crippen molar-refractivity contribution in [2.45, 2.75) is 6.92 Å². The number of H-pyrrole nitrogens is 1. The number of nitrogens with one attached hydrogen (secondary N) is 1. The van der Waals surface area contributed by atoms with Crippen LogP contribution in [0.1, 0.15) is 5.69 Å². The van der Waals surface area contributed by atoms with Crippen molar-refractivity contribution in [1.82, 2.24) is 29.7 Å². The lowest BCUT2D eigenvalue weighted by atomic mass is 10.1. The predicted molar refractivity (Wildman–Crippen MR) is 88.5 cm³/mol. The van der Waals surface area contributed by atoms with Gasteiger partial charge in [0, 0.05) is 29.9 Å². The van der Waals surface area contributed by atoms with E-state index in [0.29, 0.717) is 5.95 Å². The molecular weight excluding hydrogens is 290 g/mol. The van der Waals surface area contributed by atoms with Crippen LogP contribution in [0.5, 0.6) is 0 Å². The summed E-state index contributed by atoms with van der Waals surface area (Å²) in [6.07, 6.45) is 3.56. The largest absolute Gasteiger partial charge is 0.369 e. The number of aromatic amines is 1. The summed E-state index contributed by atoms with van der Waals surface area (Å²) in [4.78, 5) is 16.5. The monoisotopic (exact) mass is 305 g/mol. The van der Waals surface area contributed by atoms with Crippen LogP contribution >= 0.6 is 0 Å².